The molecule has 3 aliphatic carbocycles. The lowest BCUT2D eigenvalue weighted by Crippen LogP contribution is -2.14. The van der Waals surface area contributed by atoms with Gasteiger partial charge in [0.25, 0.3) is 0 Å². The molecule has 1 N–H and O–H groups in total. The smallest absolute Gasteiger partial charge is 0.144 e. The molecule has 0 saturated heterocycles. The first-order valence-corrected chi connectivity index (χ1v) is 7.91. The van der Waals surface area contributed by atoms with Gasteiger partial charge in [0, 0.05) is 11.4 Å². The fraction of sp³-hybridized carbons (Fsp3) is 0.444. The van der Waals surface area contributed by atoms with Crippen LogP contribution >= 0.6 is 0 Å². The lowest BCUT2D eigenvalue weighted by atomic mass is 10.0. The van der Waals surface area contributed by atoms with E-state index < -0.39 is 0 Å². The van der Waals surface area contributed by atoms with Gasteiger partial charge in [0.05, 0.1) is 11.1 Å². The van der Waals surface area contributed by atoms with E-state index in [4.69, 9.17) is 4.98 Å². The van der Waals surface area contributed by atoms with Gasteiger partial charge in [-0.25, -0.2) is 4.98 Å². The maximum absolute atomic E-state index is 9.40. The zero-order chi connectivity index (χ0) is 14.0. The van der Waals surface area contributed by atoms with Gasteiger partial charge in [-0.2, -0.15) is 5.26 Å². The molecule has 5 rings (SSSR count). The number of nitrogens with zero attached hydrogens (tertiary/aromatic N) is 2. The van der Waals surface area contributed by atoms with E-state index in [2.05, 4.69) is 11.4 Å². The molecule has 2 aromatic rings. The number of aromatic nitrogens is 1. The van der Waals surface area contributed by atoms with E-state index in [0.717, 1.165) is 40.4 Å². The largest absolute Gasteiger partial charge is 0.366 e. The molecule has 0 spiro atoms. The first-order valence-electron chi connectivity index (χ1n) is 7.91. The summed E-state index contributed by atoms with van der Waals surface area (Å²) >= 11 is 0. The second-order valence-electron chi connectivity index (χ2n) is 6.85. The number of hydrogen-bond acceptors (Lipinski definition) is 3. The van der Waals surface area contributed by atoms with Crippen LogP contribution in [-0.2, 0) is 0 Å². The number of benzene rings is 1. The molecule has 21 heavy (non-hydrogen) atoms. The number of anilines is 1. The predicted molar refractivity (Wildman–Crippen MR) is 81.7 cm³/mol. The van der Waals surface area contributed by atoms with Gasteiger partial charge < -0.3 is 5.32 Å². The SMILES string of the molecule is N#Cc1cc2ccccc2nc1NC1C2C3CCC(C3)C12. The second kappa shape index (κ2) is 3.98. The summed E-state index contributed by atoms with van der Waals surface area (Å²) in [6.45, 7) is 0. The summed E-state index contributed by atoms with van der Waals surface area (Å²) in [5, 5.41) is 14.0. The summed E-state index contributed by atoms with van der Waals surface area (Å²) in [5.74, 6) is 4.36. The van der Waals surface area contributed by atoms with Crippen molar-refractivity contribution in [3.05, 3.63) is 35.9 Å². The van der Waals surface area contributed by atoms with Crippen LogP contribution in [0, 0.1) is 35.0 Å². The van der Waals surface area contributed by atoms with E-state index in [9.17, 15) is 5.26 Å². The Balaban J connectivity index is 1.49. The quantitative estimate of drug-likeness (QED) is 0.911. The zero-order valence-electron chi connectivity index (χ0n) is 11.8. The van der Waals surface area contributed by atoms with Gasteiger partial charge in [0.2, 0.25) is 0 Å². The lowest BCUT2D eigenvalue weighted by molar-refractivity contribution is 0.456. The Labute approximate surface area is 124 Å². The van der Waals surface area contributed by atoms with Crippen molar-refractivity contribution in [2.24, 2.45) is 23.7 Å². The van der Waals surface area contributed by atoms with Crippen molar-refractivity contribution in [1.82, 2.24) is 4.98 Å². The van der Waals surface area contributed by atoms with Crippen LogP contribution < -0.4 is 5.32 Å². The Hall–Kier alpha value is -2.08. The third kappa shape index (κ3) is 1.56. The molecule has 104 valence electrons. The van der Waals surface area contributed by atoms with Crippen molar-refractivity contribution in [2.45, 2.75) is 25.3 Å². The average molecular weight is 275 g/mol. The number of para-hydroxylation sites is 1. The highest BCUT2D eigenvalue weighted by Gasteiger charge is 2.65. The minimum Gasteiger partial charge on any atom is -0.366 e. The van der Waals surface area contributed by atoms with Gasteiger partial charge in [0.15, 0.2) is 0 Å². The molecule has 4 atom stereocenters. The monoisotopic (exact) mass is 275 g/mol. The van der Waals surface area contributed by atoms with Gasteiger partial charge in [0.1, 0.15) is 11.9 Å². The Kier molecular flexibility index (Phi) is 2.19. The van der Waals surface area contributed by atoms with Crippen LogP contribution in [0.5, 0.6) is 0 Å². The minimum atomic E-state index is 0.567. The molecule has 3 fully saturated rings. The van der Waals surface area contributed by atoms with Crippen molar-refractivity contribution in [1.29, 1.82) is 5.26 Å². The molecule has 3 heteroatoms. The van der Waals surface area contributed by atoms with E-state index in [1.54, 1.807) is 0 Å². The summed E-state index contributed by atoms with van der Waals surface area (Å²) < 4.78 is 0. The van der Waals surface area contributed by atoms with Crippen molar-refractivity contribution >= 4 is 16.7 Å². The van der Waals surface area contributed by atoms with Gasteiger partial charge in [-0.1, -0.05) is 18.2 Å². The molecule has 0 radical (unpaired) electrons. The number of nitriles is 1. The first kappa shape index (κ1) is 11.6. The summed E-state index contributed by atoms with van der Waals surface area (Å²) in [6, 6.07) is 12.8. The fourth-order valence-electron chi connectivity index (χ4n) is 4.99. The van der Waals surface area contributed by atoms with Crippen LogP contribution in [-0.4, -0.2) is 11.0 Å². The molecule has 4 unspecified atom stereocenters. The lowest BCUT2D eigenvalue weighted by Gasteiger charge is -2.13. The molecule has 3 nitrogen and oxygen atoms in total. The van der Waals surface area contributed by atoms with Crippen molar-refractivity contribution in [3.63, 3.8) is 0 Å². The third-order valence-electron chi connectivity index (χ3n) is 5.88. The maximum atomic E-state index is 9.40. The molecular weight excluding hydrogens is 258 g/mol. The third-order valence-corrected chi connectivity index (χ3v) is 5.88. The van der Waals surface area contributed by atoms with E-state index in [1.165, 1.54) is 19.3 Å². The number of hydrogen-bond donors (Lipinski definition) is 1. The molecule has 3 saturated carbocycles. The molecule has 2 bridgehead atoms. The highest BCUT2D eigenvalue weighted by Crippen LogP contribution is 2.66. The molecule has 3 aliphatic rings. The Morgan fingerprint density at radius 1 is 1.14 bits per heavy atom. The van der Waals surface area contributed by atoms with E-state index in [0.29, 0.717) is 11.6 Å². The highest BCUT2D eigenvalue weighted by atomic mass is 15.1. The zero-order valence-corrected chi connectivity index (χ0v) is 11.8. The summed E-state index contributed by atoms with van der Waals surface area (Å²) in [6.07, 6.45) is 4.28. The van der Waals surface area contributed by atoms with Crippen LogP contribution in [0.2, 0.25) is 0 Å². The van der Waals surface area contributed by atoms with Crippen LogP contribution in [0.4, 0.5) is 5.82 Å². The number of fused-ring (bicyclic) bond motifs is 6. The molecular formula is C18H17N3. The van der Waals surface area contributed by atoms with E-state index >= 15 is 0 Å². The summed E-state index contributed by atoms with van der Waals surface area (Å²) in [4.78, 5) is 4.69. The van der Waals surface area contributed by atoms with Crippen molar-refractivity contribution < 1.29 is 0 Å². The van der Waals surface area contributed by atoms with Gasteiger partial charge >= 0.3 is 0 Å². The average Bonchev–Trinajstić information content (AvgIpc) is 2.91. The van der Waals surface area contributed by atoms with Crippen molar-refractivity contribution in [3.8, 4) is 6.07 Å². The fourth-order valence-corrected chi connectivity index (χ4v) is 4.99. The van der Waals surface area contributed by atoms with Gasteiger partial charge in [-0.15, -0.1) is 0 Å². The standard InChI is InChI=1S/C18H17N3/c19-9-13-7-10-3-1-2-4-14(10)20-18(13)21-17-15-11-5-6-12(8-11)16(15)17/h1-4,7,11-12,15-17H,5-6,8H2,(H,20,21). The Morgan fingerprint density at radius 2 is 1.90 bits per heavy atom. The topological polar surface area (TPSA) is 48.7 Å². The number of rotatable bonds is 2. The molecule has 1 aromatic carbocycles. The molecule has 0 aliphatic heterocycles. The molecule has 0 amide bonds. The summed E-state index contributed by atoms with van der Waals surface area (Å²) in [5.41, 5.74) is 1.64. The highest BCUT2D eigenvalue weighted by molar-refractivity contribution is 5.82. The summed E-state index contributed by atoms with van der Waals surface area (Å²) in [7, 11) is 0. The van der Waals surface area contributed by atoms with Crippen LogP contribution in [0.25, 0.3) is 10.9 Å². The first-order chi connectivity index (χ1) is 10.3. The molecule has 1 aromatic heterocycles. The molecule has 1 heterocycles. The van der Waals surface area contributed by atoms with Gasteiger partial charge in [-0.3, -0.25) is 0 Å². The maximum Gasteiger partial charge on any atom is 0.144 e. The Bertz CT molecular complexity index is 760. The Morgan fingerprint density at radius 3 is 2.67 bits per heavy atom. The van der Waals surface area contributed by atoms with Crippen LogP contribution in [0.1, 0.15) is 24.8 Å². The normalized spacial score (nSPS) is 35.5. The predicted octanol–water partition coefficient (Wildman–Crippen LogP) is 3.56. The van der Waals surface area contributed by atoms with Gasteiger partial charge in [-0.05, 0) is 55.1 Å². The van der Waals surface area contributed by atoms with Crippen LogP contribution in [0.15, 0.2) is 30.3 Å². The minimum absolute atomic E-state index is 0.567. The van der Waals surface area contributed by atoms with Crippen LogP contribution in [0.3, 0.4) is 0 Å². The second-order valence-corrected chi connectivity index (χ2v) is 6.85. The van der Waals surface area contributed by atoms with Crippen molar-refractivity contribution in [2.75, 3.05) is 5.32 Å². The number of nitrogens with one attached hydrogen (secondary N) is 1. The number of pyridine rings is 1. The van der Waals surface area contributed by atoms with E-state index in [-0.39, 0.29) is 0 Å². The van der Waals surface area contributed by atoms with E-state index in [1.807, 2.05) is 30.3 Å².